The van der Waals surface area contributed by atoms with Crippen LogP contribution in [0.15, 0.2) is 118 Å². The summed E-state index contributed by atoms with van der Waals surface area (Å²) in [5.41, 5.74) is 5.08. The highest BCUT2D eigenvalue weighted by atomic mass is 35.5. The molecule has 0 unspecified atom stereocenters. The fourth-order valence-electron chi connectivity index (χ4n) is 6.61. The number of aryl methyl sites for hydroxylation is 1. The summed E-state index contributed by atoms with van der Waals surface area (Å²) in [6.07, 6.45) is 0. The predicted molar refractivity (Wildman–Crippen MR) is 231 cm³/mol. The first-order valence-corrected chi connectivity index (χ1v) is 23.5. The van der Waals surface area contributed by atoms with Crippen molar-refractivity contribution in [1.82, 2.24) is 18.6 Å². The van der Waals surface area contributed by atoms with Crippen LogP contribution in [-0.4, -0.2) is 94.9 Å². The lowest BCUT2D eigenvalue weighted by atomic mass is 10.1. The Morgan fingerprint density at radius 3 is 1.42 bits per heavy atom. The first kappa shape index (κ1) is 41.1. The molecule has 8 rings (SSSR count). The van der Waals surface area contributed by atoms with Crippen LogP contribution in [0.5, 0.6) is 5.75 Å². The van der Waals surface area contributed by atoms with E-state index in [-0.39, 0.29) is 19.8 Å². The second-order valence-corrected chi connectivity index (χ2v) is 19.5. The number of para-hydroxylation sites is 1. The third-order valence-corrected chi connectivity index (χ3v) is 16.3. The topological polar surface area (TPSA) is 116 Å². The van der Waals surface area contributed by atoms with E-state index < -0.39 is 20.0 Å². The van der Waals surface area contributed by atoms with Crippen LogP contribution in [0.25, 0.3) is 22.5 Å². The Morgan fingerprint density at radius 1 is 0.561 bits per heavy atom. The van der Waals surface area contributed by atoms with Crippen LogP contribution in [0.4, 0.5) is 10.3 Å². The summed E-state index contributed by atoms with van der Waals surface area (Å²) in [4.78, 5) is 14.1. The van der Waals surface area contributed by atoms with E-state index in [1.807, 2.05) is 41.8 Å². The third-order valence-electron chi connectivity index (χ3n) is 9.72. The maximum absolute atomic E-state index is 12.9. The van der Waals surface area contributed by atoms with Gasteiger partial charge >= 0.3 is 0 Å². The number of hydrogen-bond donors (Lipinski definition) is 0. The van der Waals surface area contributed by atoms with Gasteiger partial charge in [-0.25, -0.2) is 26.8 Å². The molecular formula is C40H40Cl2N6O5S4. The molecule has 4 aromatic carbocycles. The lowest BCUT2D eigenvalue weighted by molar-refractivity contribution is 0.384. The minimum Gasteiger partial charge on any atom is -0.496 e. The largest absolute Gasteiger partial charge is 0.496 e. The molecule has 2 aromatic heterocycles. The number of anilines is 2. The average Bonchev–Trinajstić information content (AvgIpc) is 3.93. The Morgan fingerprint density at radius 2 is 0.965 bits per heavy atom. The number of benzene rings is 4. The smallest absolute Gasteiger partial charge is 0.244 e. The van der Waals surface area contributed by atoms with E-state index in [2.05, 4.69) is 34.2 Å². The summed E-state index contributed by atoms with van der Waals surface area (Å²) in [6.45, 7) is 6.01. The quantitative estimate of drug-likeness (QED) is 0.142. The zero-order valence-electron chi connectivity index (χ0n) is 31.2. The predicted octanol–water partition coefficient (Wildman–Crippen LogP) is 8.27. The molecule has 2 aliphatic rings. The van der Waals surface area contributed by atoms with E-state index in [0.717, 1.165) is 38.5 Å². The highest BCUT2D eigenvalue weighted by Gasteiger charge is 2.32. The molecule has 57 heavy (non-hydrogen) atoms. The molecule has 0 spiro atoms. The van der Waals surface area contributed by atoms with Crippen molar-refractivity contribution in [3.8, 4) is 28.3 Å². The molecular weight excluding hydrogens is 844 g/mol. The highest BCUT2D eigenvalue weighted by molar-refractivity contribution is 7.89. The van der Waals surface area contributed by atoms with Crippen molar-refractivity contribution in [2.24, 2.45) is 0 Å². The molecule has 4 heterocycles. The molecule has 2 fully saturated rings. The number of piperazine rings is 2. The second-order valence-electron chi connectivity index (χ2n) is 13.2. The van der Waals surface area contributed by atoms with Crippen molar-refractivity contribution >= 4 is 76.2 Å². The number of halogens is 2. The third kappa shape index (κ3) is 9.00. The highest BCUT2D eigenvalue weighted by Crippen LogP contribution is 2.35. The molecule has 2 saturated heterocycles. The molecule has 0 amide bonds. The maximum Gasteiger partial charge on any atom is 0.244 e. The number of sulfonamides is 2. The molecule has 0 aliphatic carbocycles. The fourth-order valence-corrected chi connectivity index (χ4v) is 12.2. The summed E-state index contributed by atoms with van der Waals surface area (Å²) in [5.74, 6) is 0.778. The zero-order valence-corrected chi connectivity index (χ0v) is 35.9. The van der Waals surface area contributed by atoms with Gasteiger partial charge in [0.05, 0.1) is 28.5 Å². The zero-order chi connectivity index (χ0) is 40.2. The van der Waals surface area contributed by atoms with Crippen molar-refractivity contribution in [1.29, 1.82) is 0 Å². The van der Waals surface area contributed by atoms with Crippen LogP contribution in [0.2, 0.25) is 10.0 Å². The average molecular weight is 884 g/mol. The normalized spacial score (nSPS) is 15.6. The fraction of sp³-hybridized carbons (Fsp3) is 0.250. The van der Waals surface area contributed by atoms with Crippen molar-refractivity contribution < 1.29 is 21.6 Å². The van der Waals surface area contributed by atoms with Crippen molar-refractivity contribution in [2.45, 2.75) is 16.7 Å². The minimum absolute atomic E-state index is 0.155. The first-order valence-electron chi connectivity index (χ1n) is 18.1. The van der Waals surface area contributed by atoms with Crippen LogP contribution in [0.3, 0.4) is 0 Å². The van der Waals surface area contributed by atoms with Gasteiger partial charge in [0.1, 0.15) is 15.5 Å². The number of nitrogens with zero attached hydrogens (tertiary/aromatic N) is 6. The SMILES string of the molecule is COc1ccccc1-c1csc(N2CCN(S(=O)(=O)c3ccccc3Cl)CC2)n1.Cc1ccccc1-c1csc(N2CCN(S(=O)(=O)c3ccccc3Cl)CC2)n1. The Balaban J connectivity index is 0.000000174. The molecule has 0 atom stereocenters. The minimum atomic E-state index is -3.60. The van der Waals surface area contributed by atoms with Gasteiger partial charge in [0.15, 0.2) is 10.3 Å². The Bertz CT molecular complexity index is 2550. The standard InChI is InChI=1S/C20H20ClN3O3S2.C20H20ClN3O2S2/c1-27-18-8-4-2-6-15(18)17-14-28-20(22-17)23-10-12-24(13-11-23)29(25,26)19-9-5-3-7-16(19)21;1-15-6-2-3-7-16(15)18-14-27-20(22-18)23-10-12-24(13-11-23)28(25,26)19-9-5-4-8-17(19)21/h2-9,14H,10-13H2,1H3;2-9,14H,10-13H2,1H3. The lowest BCUT2D eigenvalue weighted by Crippen LogP contribution is -2.48. The second kappa shape index (κ2) is 17.8. The van der Waals surface area contributed by atoms with Crippen molar-refractivity contribution in [3.05, 3.63) is 123 Å². The van der Waals surface area contributed by atoms with E-state index in [1.165, 1.54) is 14.2 Å². The molecule has 0 saturated carbocycles. The number of aromatic nitrogens is 2. The Kier molecular flexibility index (Phi) is 12.9. The number of rotatable bonds is 9. The van der Waals surface area contributed by atoms with E-state index in [0.29, 0.717) is 52.4 Å². The molecule has 0 radical (unpaired) electrons. The Hall–Kier alpha value is -4.06. The van der Waals surface area contributed by atoms with Gasteiger partial charge in [0, 0.05) is 74.2 Å². The number of thiazole rings is 2. The van der Waals surface area contributed by atoms with E-state index >= 15 is 0 Å². The summed E-state index contributed by atoms with van der Waals surface area (Å²) < 4.78 is 60.0. The number of methoxy groups -OCH3 is 1. The first-order chi connectivity index (χ1) is 27.5. The summed E-state index contributed by atoms with van der Waals surface area (Å²) in [6, 6.07) is 29.1. The van der Waals surface area contributed by atoms with Crippen LogP contribution in [0, 0.1) is 6.92 Å². The van der Waals surface area contributed by atoms with Crippen LogP contribution in [0.1, 0.15) is 5.56 Å². The summed E-state index contributed by atoms with van der Waals surface area (Å²) in [5, 5.41) is 6.36. The van der Waals surface area contributed by atoms with Crippen LogP contribution in [-0.2, 0) is 20.0 Å². The Labute approximate surface area is 351 Å². The van der Waals surface area contributed by atoms with Gasteiger partial charge < -0.3 is 14.5 Å². The molecule has 0 N–H and O–H groups in total. The van der Waals surface area contributed by atoms with Gasteiger partial charge in [-0.15, -0.1) is 22.7 Å². The molecule has 6 aromatic rings. The molecule has 11 nitrogen and oxygen atoms in total. The van der Waals surface area contributed by atoms with Gasteiger partial charge in [-0.05, 0) is 48.9 Å². The van der Waals surface area contributed by atoms with Gasteiger partial charge in [-0.2, -0.15) is 8.61 Å². The summed E-state index contributed by atoms with van der Waals surface area (Å²) in [7, 11) is -5.54. The number of ether oxygens (including phenoxy) is 1. The summed E-state index contributed by atoms with van der Waals surface area (Å²) >= 11 is 15.3. The van der Waals surface area contributed by atoms with Crippen LogP contribution < -0.4 is 14.5 Å². The lowest BCUT2D eigenvalue weighted by Gasteiger charge is -2.33. The van der Waals surface area contributed by atoms with Gasteiger partial charge in [0.2, 0.25) is 20.0 Å². The maximum atomic E-state index is 12.9. The monoisotopic (exact) mass is 882 g/mol. The van der Waals surface area contributed by atoms with Gasteiger partial charge in [0.25, 0.3) is 0 Å². The molecule has 0 bridgehead atoms. The molecule has 17 heteroatoms. The van der Waals surface area contributed by atoms with E-state index in [1.54, 1.807) is 78.3 Å². The van der Waals surface area contributed by atoms with Crippen molar-refractivity contribution in [3.63, 3.8) is 0 Å². The van der Waals surface area contributed by atoms with E-state index in [9.17, 15) is 16.8 Å². The van der Waals surface area contributed by atoms with Crippen molar-refractivity contribution in [2.75, 3.05) is 69.3 Å². The van der Waals surface area contributed by atoms with Gasteiger partial charge in [-0.1, -0.05) is 83.9 Å². The van der Waals surface area contributed by atoms with Crippen LogP contribution >= 0.6 is 45.9 Å². The molecule has 2 aliphatic heterocycles. The van der Waals surface area contributed by atoms with Gasteiger partial charge in [-0.3, -0.25) is 0 Å². The number of hydrogen-bond acceptors (Lipinski definition) is 11. The van der Waals surface area contributed by atoms with E-state index in [4.69, 9.17) is 37.9 Å². The molecule has 298 valence electrons.